The van der Waals surface area contributed by atoms with Gasteiger partial charge in [0.2, 0.25) is 5.89 Å². The number of ether oxygens (including phenoxy) is 2. The maximum atomic E-state index is 12.8. The number of aromatic nitrogens is 2. The van der Waals surface area contributed by atoms with Gasteiger partial charge in [0.25, 0.3) is 5.91 Å². The van der Waals surface area contributed by atoms with E-state index in [-0.39, 0.29) is 60.0 Å². The Labute approximate surface area is 228 Å². The second-order valence-corrected chi connectivity index (χ2v) is 8.33. The van der Waals surface area contributed by atoms with Crippen LogP contribution in [0.4, 0.5) is 8.78 Å². The summed E-state index contributed by atoms with van der Waals surface area (Å²) in [6.45, 7) is -1.02. The Morgan fingerprint density at radius 3 is 2.58 bits per heavy atom. The van der Waals surface area contributed by atoms with Gasteiger partial charge in [-0.3, -0.25) is 9.78 Å². The Bertz CT molecular complexity index is 1270. The number of carboxylic acid groups (broad SMARTS) is 1. The van der Waals surface area contributed by atoms with Crippen LogP contribution in [0.25, 0.3) is 11.5 Å². The second-order valence-electron chi connectivity index (χ2n) is 8.33. The number of carbonyl (C=O) groups excluding carboxylic acids is 1. The highest BCUT2D eigenvalue weighted by Gasteiger charge is 2.24. The van der Waals surface area contributed by atoms with Crippen molar-refractivity contribution in [3.05, 3.63) is 59.2 Å². The topological polar surface area (TPSA) is 150 Å². The molecule has 3 aromatic rings. The van der Waals surface area contributed by atoms with E-state index in [2.05, 4.69) is 20.0 Å². The van der Waals surface area contributed by atoms with Crippen LogP contribution in [-0.2, 0) is 6.54 Å². The van der Waals surface area contributed by atoms with Gasteiger partial charge in [-0.1, -0.05) is 0 Å². The first-order valence-electron chi connectivity index (χ1n) is 11.2. The molecule has 1 amide bonds. The summed E-state index contributed by atoms with van der Waals surface area (Å²) < 4.78 is 41.8. The van der Waals surface area contributed by atoms with Crippen molar-refractivity contribution in [1.29, 1.82) is 0 Å². The fraction of sp³-hybridized carbons (Fsp3) is 0.333. The van der Waals surface area contributed by atoms with E-state index in [1.807, 2.05) is 0 Å². The van der Waals surface area contributed by atoms with Crippen molar-refractivity contribution in [2.24, 2.45) is 11.7 Å². The largest absolute Gasteiger partial charge is 0.489 e. The van der Waals surface area contributed by atoms with E-state index in [1.54, 1.807) is 6.92 Å². The number of nitrogens with one attached hydrogen (secondary N) is 1. The van der Waals surface area contributed by atoms with Gasteiger partial charge >= 0.3 is 12.6 Å². The van der Waals surface area contributed by atoms with Crippen molar-refractivity contribution in [3.8, 4) is 23.0 Å². The quantitative estimate of drug-likeness (QED) is 0.298. The zero-order valence-electron chi connectivity index (χ0n) is 20.1. The molecule has 1 unspecified atom stereocenters. The van der Waals surface area contributed by atoms with Gasteiger partial charge in [0.05, 0.1) is 24.8 Å². The van der Waals surface area contributed by atoms with Crippen molar-refractivity contribution in [1.82, 2.24) is 15.3 Å². The summed E-state index contributed by atoms with van der Waals surface area (Å²) in [6, 6.07) is 6.21. The maximum Gasteiger partial charge on any atom is 0.387 e. The van der Waals surface area contributed by atoms with Gasteiger partial charge in [0, 0.05) is 11.8 Å². The highest BCUT2D eigenvalue weighted by Crippen LogP contribution is 2.37. The number of halogens is 4. The van der Waals surface area contributed by atoms with E-state index >= 15 is 0 Å². The fourth-order valence-corrected chi connectivity index (χ4v) is 3.35. The van der Waals surface area contributed by atoms with Crippen LogP contribution in [0, 0.1) is 5.92 Å². The van der Waals surface area contributed by atoms with Crippen molar-refractivity contribution in [2.45, 2.75) is 39.0 Å². The number of amides is 1. The maximum absolute atomic E-state index is 12.8. The Kier molecular flexibility index (Phi) is 10.8. The lowest BCUT2D eigenvalue weighted by Crippen LogP contribution is -2.25. The SMILES string of the molecule is CC(N)c1oc(-c2ccc(OC(F)F)c(OCC3CC3)c2)nc1CNC(=O)c1cc(C(=O)O)ccn1.Cl.Cl. The number of benzene rings is 1. The Balaban J connectivity index is 0.00000253. The number of carbonyl (C=O) groups is 2. The Hall–Kier alpha value is -3.48. The van der Waals surface area contributed by atoms with Crippen LogP contribution in [0.3, 0.4) is 0 Å². The first-order valence-corrected chi connectivity index (χ1v) is 11.2. The van der Waals surface area contributed by atoms with Gasteiger partial charge in [-0.25, -0.2) is 9.78 Å². The molecule has 38 heavy (non-hydrogen) atoms. The lowest BCUT2D eigenvalue weighted by Gasteiger charge is -2.12. The summed E-state index contributed by atoms with van der Waals surface area (Å²) in [5.74, 6) is -0.903. The number of nitrogens with two attached hydrogens (primary N) is 1. The minimum Gasteiger partial charge on any atom is -0.489 e. The molecule has 0 saturated heterocycles. The molecule has 1 aromatic carbocycles. The molecule has 10 nitrogen and oxygen atoms in total. The highest BCUT2D eigenvalue weighted by atomic mass is 35.5. The van der Waals surface area contributed by atoms with E-state index in [0.717, 1.165) is 18.9 Å². The molecular weight excluding hydrogens is 549 g/mol. The molecule has 0 radical (unpaired) electrons. The normalized spacial score (nSPS) is 13.2. The van der Waals surface area contributed by atoms with Gasteiger partial charge in [-0.2, -0.15) is 8.78 Å². The number of carboxylic acids is 1. The average Bonchev–Trinajstić information content (AvgIpc) is 3.58. The zero-order valence-corrected chi connectivity index (χ0v) is 21.7. The van der Waals surface area contributed by atoms with E-state index in [4.69, 9.17) is 20.0 Å². The number of rotatable bonds is 11. The van der Waals surface area contributed by atoms with E-state index < -0.39 is 24.5 Å². The molecule has 1 aliphatic carbocycles. The summed E-state index contributed by atoms with van der Waals surface area (Å²) in [6.07, 6.45) is 3.27. The number of hydrogen-bond donors (Lipinski definition) is 3. The van der Waals surface area contributed by atoms with Crippen LogP contribution in [0.2, 0.25) is 0 Å². The molecule has 4 N–H and O–H groups in total. The predicted molar refractivity (Wildman–Crippen MR) is 136 cm³/mol. The van der Waals surface area contributed by atoms with E-state index in [9.17, 15) is 18.4 Å². The van der Waals surface area contributed by atoms with Crippen molar-refractivity contribution >= 4 is 36.7 Å². The first kappa shape index (κ1) is 30.7. The molecular formula is C24H26Cl2F2N4O6. The van der Waals surface area contributed by atoms with Crippen LogP contribution in [0.5, 0.6) is 11.5 Å². The van der Waals surface area contributed by atoms with Crippen molar-refractivity contribution in [3.63, 3.8) is 0 Å². The zero-order chi connectivity index (χ0) is 25.8. The molecule has 1 aliphatic rings. The predicted octanol–water partition coefficient (Wildman–Crippen LogP) is 4.62. The number of hydrogen-bond acceptors (Lipinski definition) is 8. The van der Waals surface area contributed by atoms with Crippen molar-refractivity contribution < 1.29 is 37.4 Å². The van der Waals surface area contributed by atoms with Gasteiger partial charge in [0.1, 0.15) is 17.1 Å². The minimum atomic E-state index is -3.01. The number of nitrogens with zero attached hydrogens (tertiary/aromatic N) is 2. The fourth-order valence-electron chi connectivity index (χ4n) is 3.35. The summed E-state index contributed by atoms with van der Waals surface area (Å²) in [7, 11) is 0. The Morgan fingerprint density at radius 1 is 1.21 bits per heavy atom. The molecule has 0 bridgehead atoms. The standard InChI is InChI=1S/C24H24F2N4O6.2ClH/c1-12(27)20-17(10-29-21(31)16-8-15(23(32)33)6-7-28-16)30-22(36-20)14-4-5-18(35-24(25)26)19(9-14)34-11-13-2-3-13;;/h4-9,12-13,24H,2-3,10-11,27H2,1H3,(H,29,31)(H,32,33);2*1H. The monoisotopic (exact) mass is 574 g/mol. The van der Waals surface area contributed by atoms with Gasteiger partial charge in [-0.15, -0.1) is 24.8 Å². The lowest BCUT2D eigenvalue weighted by molar-refractivity contribution is -0.0515. The number of aromatic carboxylic acids is 1. The van der Waals surface area contributed by atoms with Crippen LogP contribution < -0.4 is 20.5 Å². The molecule has 14 heteroatoms. The Morgan fingerprint density at radius 2 is 1.95 bits per heavy atom. The summed E-state index contributed by atoms with van der Waals surface area (Å²) in [4.78, 5) is 32.0. The molecule has 0 aliphatic heterocycles. The van der Waals surface area contributed by atoms with Crippen LogP contribution in [0.15, 0.2) is 40.9 Å². The summed E-state index contributed by atoms with van der Waals surface area (Å²) in [5, 5.41) is 11.7. The number of alkyl halides is 2. The summed E-state index contributed by atoms with van der Waals surface area (Å²) in [5.41, 5.74) is 6.66. The van der Waals surface area contributed by atoms with Gasteiger partial charge < -0.3 is 30.0 Å². The van der Waals surface area contributed by atoms with Crippen molar-refractivity contribution in [2.75, 3.05) is 6.61 Å². The number of oxazole rings is 1. The van der Waals surface area contributed by atoms with Gasteiger partial charge in [-0.05, 0) is 56.0 Å². The lowest BCUT2D eigenvalue weighted by atomic mass is 10.2. The molecule has 4 rings (SSSR count). The average molecular weight is 575 g/mol. The van der Waals surface area contributed by atoms with Crippen LogP contribution in [0.1, 0.15) is 58.1 Å². The molecule has 0 spiro atoms. The highest BCUT2D eigenvalue weighted by molar-refractivity contribution is 5.95. The third-order valence-electron chi connectivity index (χ3n) is 5.38. The molecule has 206 valence electrons. The van der Waals surface area contributed by atoms with E-state index in [1.165, 1.54) is 30.5 Å². The number of pyridine rings is 1. The van der Waals surface area contributed by atoms with Crippen LogP contribution >= 0.6 is 24.8 Å². The summed E-state index contributed by atoms with van der Waals surface area (Å²) >= 11 is 0. The minimum absolute atomic E-state index is 0. The second kappa shape index (κ2) is 13.4. The third-order valence-corrected chi connectivity index (χ3v) is 5.38. The molecule has 1 atom stereocenters. The van der Waals surface area contributed by atoms with E-state index in [0.29, 0.717) is 29.5 Å². The molecule has 2 aromatic heterocycles. The smallest absolute Gasteiger partial charge is 0.387 e. The molecule has 1 fully saturated rings. The van der Waals surface area contributed by atoms with Gasteiger partial charge in [0.15, 0.2) is 11.5 Å². The molecule has 1 saturated carbocycles. The first-order chi connectivity index (χ1) is 17.2. The molecule has 2 heterocycles. The van der Waals surface area contributed by atoms with Crippen LogP contribution in [-0.4, -0.2) is 40.2 Å². The third kappa shape index (κ3) is 7.76.